The Hall–Kier alpha value is -8.68. The molecule has 70 heavy (non-hydrogen) atoms. The summed E-state index contributed by atoms with van der Waals surface area (Å²) in [6, 6.07) is 83.6. The molecule has 4 nitrogen and oxygen atoms in total. The van der Waals surface area contributed by atoms with Crippen LogP contribution in [0.1, 0.15) is 0 Å². The normalized spacial score (nSPS) is 12.0. The van der Waals surface area contributed by atoms with Gasteiger partial charge in [-0.3, -0.25) is 0 Å². The Morgan fingerprint density at radius 1 is 0.300 bits per heavy atom. The van der Waals surface area contributed by atoms with Crippen LogP contribution in [0.3, 0.4) is 0 Å². The molecule has 15 rings (SSSR count). The van der Waals surface area contributed by atoms with E-state index in [9.17, 15) is 0 Å². The molecule has 0 N–H and O–H groups in total. The van der Waals surface area contributed by atoms with Crippen LogP contribution in [0.5, 0.6) is 0 Å². The van der Waals surface area contributed by atoms with E-state index in [0.29, 0.717) is 5.82 Å². The molecule has 0 aliphatic rings. The molecule has 0 aliphatic heterocycles. The van der Waals surface area contributed by atoms with Gasteiger partial charge in [0.1, 0.15) is 0 Å². The number of para-hydroxylation sites is 3. The molecule has 0 aliphatic carbocycles. The van der Waals surface area contributed by atoms with Crippen LogP contribution in [0.2, 0.25) is 0 Å². The van der Waals surface area contributed by atoms with Crippen molar-refractivity contribution < 1.29 is 0 Å². The van der Waals surface area contributed by atoms with Crippen LogP contribution in [0.4, 0.5) is 0 Å². The van der Waals surface area contributed by atoms with Crippen molar-refractivity contribution in [2.45, 2.75) is 0 Å². The molecule has 5 heterocycles. The SMILES string of the molecule is c1ccc(-c2cc(-c3ccccc3)nc(-c3ccc(-c4ccccc4-n4c5ccccc5c5c6sc7ccccc7c6ccc54)c(-n4c5ccccc5c5c6sc7ccccc7c6ccc54)c3)n2)cc1. The molecule has 0 spiro atoms. The van der Waals surface area contributed by atoms with Gasteiger partial charge in [0, 0.05) is 89.7 Å². The molecule has 10 aromatic carbocycles. The van der Waals surface area contributed by atoms with Crippen molar-refractivity contribution in [2.75, 3.05) is 0 Å². The highest BCUT2D eigenvalue weighted by atomic mass is 32.1. The second kappa shape index (κ2) is 15.4. The first-order valence-corrected chi connectivity index (χ1v) is 25.3. The Bertz CT molecular complexity index is 4540. The Balaban J connectivity index is 1.04. The monoisotopic (exact) mass is 926 g/mol. The van der Waals surface area contributed by atoms with Crippen LogP contribution in [-0.4, -0.2) is 19.1 Å². The predicted octanol–water partition coefficient (Wildman–Crippen LogP) is 18.1. The quantitative estimate of drug-likeness (QED) is 0.167. The topological polar surface area (TPSA) is 35.6 Å². The molecule has 0 saturated carbocycles. The van der Waals surface area contributed by atoms with Gasteiger partial charge in [-0.25, -0.2) is 9.97 Å². The summed E-state index contributed by atoms with van der Waals surface area (Å²) in [6.45, 7) is 0. The zero-order valence-electron chi connectivity index (χ0n) is 37.5. The summed E-state index contributed by atoms with van der Waals surface area (Å²) in [6.07, 6.45) is 0. The zero-order chi connectivity index (χ0) is 45.9. The van der Waals surface area contributed by atoms with Gasteiger partial charge >= 0.3 is 0 Å². The molecular weight excluding hydrogens is 889 g/mol. The van der Waals surface area contributed by atoms with Crippen molar-refractivity contribution in [1.82, 2.24) is 19.1 Å². The smallest absolute Gasteiger partial charge is 0.160 e. The minimum absolute atomic E-state index is 0.670. The average Bonchev–Trinajstić information content (AvgIpc) is 4.19. The van der Waals surface area contributed by atoms with Crippen LogP contribution < -0.4 is 0 Å². The average molecular weight is 927 g/mol. The van der Waals surface area contributed by atoms with E-state index < -0.39 is 0 Å². The summed E-state index contributed by atoms with van der Waals surface area (Å²) >= 11 is 3.77. The molecular formula is C64H38N4S2. The van der Waals surface area contributed by atoms with E-state index in [2.05, 4.69) is 240 Å². The van der Waals surface area contributed by atoms with Crippen molar-refractivity contribution in [3.8, 4) is 56.4 Å². The van der Waals surface area contributed by atoms with E-state index >= 15 is 0 Å². The number of benzene rings is 10. The number of nitrogens with zero attached hydrogens (tertiary/aromatic N) is 4. The molecule has 0 bridgehead atoms. The maximum Gasteiger partial charge on any atom is 0.160 e. The fraction of sp³-hybridized carbons (Fsp3) is 0. The van der Waals surface area contributed by atoms with E-state index in [1.165, 1.54) is 72.9 Å². The van der Waals surface area contributed by atoms with E-state index in [4.69, 9.17) is 9.97 Å². The summed E-state index contributed by atoms with van der Waals surface area (Å²) in [5, 5.41) is 10.2. The second-order valence-corrected chi connectivity index (χ2v) is 20.1. The molecule has 15 aromatic rings. The maximum absolute atomic E-state index is 5.36. The first-order valence-electron chi connectivity index (χ1n) is 23.6. The summed E-state index contributed by atoms with van der Waals surface area (Å²) < 4.78 is 10.2. The van der Waals surface area contributed by atoms with Crippen molar-refractivity contribution in [3.63, 3.8) is 0 Å². The van der Waals surface area contributed by atoms with E-state index in [0.717, 1.165) is 61.6 Å². The highest BCUT2D eigenvalue weighted by molar-refractivity contribution is 7.27. The van der Waals surface area contributed by atoms with Crippen molar-refractivity contribution in [2.24, 2.45) is 0 Å². The Labute approximate surface area is 410 Å². The summed E-state index contributed by atoms with van der Waals surface area (Å²) in [4.78, 5) is 10.7. The number of fused-ring (bicyclic) bond motifs is 14. The van der Waals surface area contributed by atoms with Gasteiger partial charge in [0.2, 0.25) is 0 Å². The lowest BCUT2D eigenvalue weighted by Crippen LogP contribution is -2.03. The summed E-state index contributed by atoms with van der Waals surface area (Å²) in [5.41, 5.74) is 13.9. The highest BCUT2D eigenvalue weighted by Gasteiger charge is 2.24. The summed E-state index contributed by atoms with van der Waals surface area (Å²) in [5.74, 6) is 0.670. The van der Waals surface area contributed by atoms with E-state index in [1.807, 2.05) is 22.7 Å². The van der Waals surface area contributed by atoms with Gasteiger partial charge in [0.25, 0.3) is 0 Å². The van der Waals surface area contributed by atoms with Gasteiger partial charge < -0.3 is 9.13 Å². The van der Waals surface area contributed by atoms with Crippen LogP contribution in [0.25, 0.3) is 140 Å². The third kappa shape index (κ3) is 5.87. The fourth-order valence-electron chi connectivity index (χ4n) is 11.1. The van der Waals surface area contributed by atoms with Gasteiger partial charge in [-0.2, -0.15) is 0 Å². The molecule has 0 fully saturated rings. The van der Waals surface area contributed by atoms with E-state index in [-0.39, 0.29) is 0 Å². The molecule has 0 atom stereocenters. The van der Waals surface area contributed by atoms with Crippen LogP contribution in [0.15, 0.2) is 231 Å². The van der Waals surface area contributed by atoms with Crippen LogP contribution in [0, 0.1) is 0 Å². The molecule has 6 heteroatoms. The van der Waals surface area contributed by atoms with Gasteiger partial charge in [0.05, 0.1) is 44.8 Å². The number of hydrogen-bond donors (Lipinski definition) is 0. The minimum Gasteiger partial charge on any atom is -0.309 e. The third-order valence-electron chi connectivity index (χ3n) is 14.2. The lowest BCUT2D eigenvalue weighted by atomic mass is 9.98. The number of hydrogen-bond acceptors (Lipinski definition) is 4. The van der Waals surface area contributed by atoms with Crippen molar-refractivity contribution in [3.05, 3.63) is 231 Å². The van der Waals surface area contributed by atoms with Gasteiger partial charge in [-0.15, -0.1) is 22.7 Å². The second-order valence-electron chi connectivity index (χ2n) is 18.0. The number of thiophene rings is 2. The largest absolute Gasteiger partial charge is 0.309 e. The highest BCUT2D eigenvalue weighted by Crippen LogP contribution is 2.48. The van der Waals surface area contributed by atoms with Gasteiger partial charge in [0.15, 0.2) is 5.82 Å². The first-order chi connectivity index (χ1) is 34.7. The maximum atomic E-state index is 5.36. The Morgan fingerprint density at radius 2 is 0.757 bits per heavy atom. The molecule has 5 aromatic heterocycles. The van der Waals surface area contributed by atoms with Crippen LogP contribution >= 0.6 is 22.7 Å². The van der Waals surface area contributed by atoms with Crippen LogP contribution in [-0.2, 0) is 0 Å². The molecule has 0 unspecified atom stereocenters. The lowest BCUT2D eigenvalue weighted by Gasteiger charge is -2.19. The Morgan fingerprint density at radius 3 is 1.33 bits per heavy atom. The van der Waals surface area contributed by atoms with Gasteiger partial charge in [-0.1, -0.05) is 176 Å². The fourth-order valence-corrected chi connectivity index (χ4v) is 13.6. The minimum atomic E-state index is 0.670. The number of aromatic nitrogens is 4. The molecule has 0 saturated heterocycles. The summed E-state index contributed by atoms with van der Waals surface area (Å²) in [7, 11) is 0. The van der Waals surface area contributed by atoms with Gasteiger partial charge in [-0.05, 0) is 54.6 Å². The predicted molar refractivity (Wildman–Crippen MR) is 298 cm³/mol. The Kier molecular flexibility index (Phi) is 8.66. The standard InChI is InChI=1S/C64H38N4S2/c1-3-17-39(18-4-1)50-38-51(40-19-5-2-6-20-40)66-64(65-50)41-31-32-43(57(37-41)68-54-28-14-9-25-49(54)61-56(68)36-34-47-45-23-11-16-30-59(45)70-63(47)61)42-21-7-12-26-52(42)67-53-27-13-8-24-48(53)60-55(67)35-33-46-44-22-10-15-29-58(44)69-62(46)60/h1-38H. The molecule has 0 amide bonds. The molecule has 326 valence electrons. The zero-order valence-corrected chi connectivity index (χ0v) is 39.2. The lowest BCUT2D eigenvalue weighted by molar-refractivity contribution is 1.15. The van der Waals surface area contributed by atoms with Crippen molar-refractivity contribution in [1.29, 1.82) is 0 Å². The first kappa shape index (κ1) is 39.3. The number of rotatable bonds is 6. The molecule has 0 radical (unpaired) electrons. The van der Waals surface area contributed by atoms with E-state index in [1.54, 1.807) is 0 Å². The third-order valence-corrected chi connectivity index (χ3v) is 16.6. The van der Waals surface area contributed by atoms with Crippen molar-refractivity contribution >= 4 is 107 Å².